The minimum atomic E-state index is 0.211. The molecule has 3 aromatic rings. The molecular weight excluding hydrogens is 386 g/mol. The maximum Gasteiger partial charge on any atom is 0.223 e. The molecule has 160 valence electrons. The summed E-state index contributed by atoms with van der Waals surface area (Å²) in [4.78, 5) is 20.0. The van der Waals surface area contributed by atoms with Crippen LogP contribution in [0.15, 0.2) is 30.5 Å². The summed E-state index contributed by atoms with van der Waals surface area (Å²) in [5.74, 6) is 0.211. The van der Waals surface area contributed by atoms with Gasteiger partial charge in [0.05, 0.1) is 6.20 Å². The van der Waals surface area contributed by atoms with E-state index in [0.29, 0.717) is 24.1 Å². The molecule has 0 fully saturated rings. The van der Waals surface area contributed by atoms with Crippen LogP contribution in [0.1, 0.15) is 59.8 Å². The normalized spacial score (nSPS) is 15.5. The summed E-state index contributed by atoms with van der Waals surface area (Å²) in [5, 5.41) is 13.6. The second kappa shape index (κ2) is 8.89. The van der Waals surface area contributed by atoms with Gasteiger partial charge in [0.1, 0.15) is 11.6 Å². The van der Waals surface area contributed by atoms with E-state index in [1.807, 2.05) is 13.8 Å². The summed E-state index contributed by atoms with van der Waals surface area (Å²) in [6.07, 6.45) is 6.60. The van der Waals surface area contributed by atoms with Gasteiger partial charge >= 0.3 is 0 Å². The first kappa shape index (κ1) is 21.0. The first-order valence-corrected chi connectivity index (χ1v) is 11.1. The van der Waals surface area contributed by atoms with Gasteiger partial charge in [-0.05, 0) is 62.6 Å². The van der Waals surface area contributed by atoms with Crippen LogP contribution in [-0.4, -0.2) is 38.0 Å². The molecular formula is C25H29N5O. The fourth-order valence-electron chi connectivity index (χ4n) is 4.82. The third kappa shape index (κ3) is 4.05. The van der Waals surface area contributed by atoms with E-state index in [0.717, 1.165) is 49.2 Å². The molecule has 4 rings (SSSR count). The molecule has 0 N–H and O–H groups in total. The van der Waals surface area contributed by atoms with E-state index in [-0.39, 0.29) is 11.9 Å². The minimum absolute atomic E-state index is 0.211. The van der Waals surface area contributed by atoms with Crippen molar-refractivity contribution in [1.82, 2.24) is 19.5 Å². The lowest BCUT2D eigenvalue weighted by Gasteiger charge is -2.35. The number of rotatable bonds is 6. The first-order chi connectivity index (χ1) is 15.0. The van der Waals surface area contributed by atoms with Crippen LogP contribution in [0.5, 0.6) is 0 Å². The van der Waals surface area contributed by atoms with Gasteiger partial charge in [0.15, 0.2) is 5.65 Å². The number of fused-ring (bicyclic) bond motifs is 2. The van der Waals surface area contributed by atoms with Gasteiger partial charge in [-0.1, -0.05) is 31.2 Å². The molecule has 0 bridgehead atoms. The number of benzene rings is 1. The molecule has 2 heterocycles. The van der Waals surface area contributed by atoms with E-state index in [2.05, 4.69) is 52.2 Å². The largest absolute Gasteiger partial charge is 0.339 e. The van der Waals surface area contributed by atoms with Crippen LogP contribution in [0.25, 0.3) is 5.65 Å². The zero-order valence-electron chi connectivity index (χ0n) is 18.6. The fourth-order valence-corrected chi connectivity index (χ4v) is 4.82. The predicted molar refractivity (Wildman–Crippen MR) is 120 cm³/mol. The molecule has 1 aliphatic rings. The highest BCUT2D eigenvalue weighted by Gasteiger charge is 2.27. The van der Waals surface area contributed by atoms with Gasteiger partial charge in [0.25, 0.3) is 0 Å². The SMILES string of the molecule is CCCN(C(=O)CCc1c(C)nc2c(C#N)cnn2c1C)C1CCc2ccccc2C1. The van der Waals surface area contributed by atoms with Crippen LogP contribution in [0.2, 0.25) is 0 Å². The molecule has 1 aromatic carbocycles. The van der Waals surface area contributed by atoms with Crippen molar-refractivity contribution in [3.8, 4) is 6.07 Å². The molecule has 0 saturated heterocycles. The van der Waals surface area contributed by atoms with E-state index in [4.69, 9.17) is 0 Å². The molecule has 1 amide bonds. The van der Waals surface area contributed by atoms with Crippen LogP contribution < -0.4 is 0 Å². The minimum Gasteiger partial charge on any atom is -0.339 e. The van der Waals surface area contributed by atoms with Gasteiger partial charge in [-0.15, -0.1) is 0 Å². The van der Waals surface area contributed by atoms with Crippen molar-refractivity contribution in [2.45, 2.75) is 65.3 Å². The highest BCUT2D eigenvalue weighted by Crippen LogP contribution is 2.26. The molecule has 31 heavy (non-hydrogen) atoms. The van der Waals surface area contributed by atoms with E-state index in [9.17, 15) is 10.1 Å². The third-order valence-corrected chi connectivity index (χ3v) is 6.46. The molecule has 1 unspecified atom stereocenters. The standard InChI is InChI=1S/C25H29N5O/c1-4-13-29(22-10-9-19-7-5-6-8-20(19)14-22)24(31)12-11-23-17(2)28-25-21(15-26)16-27-30(25)18(23)3/h5-8,16,22H,4,9-14H2,1-3H3. The van der Waals surface area contributed by atoms with Gasteiger partial charge in [-0.3, -0.25) is 4.79 Å². The average molecular weight is 416 g/mol. The monoisotopic (exact) mass is 415 g/mol. The van der Waals surface area contributed by atoms with E-state index >= 15 is 0 Å². The number of nitrogens with zero attached hydrogens (tertiary/aromatic N) is 5. The van der Waals surface area contributed by atoms with Crippen LogP contribution in [0.3, 0.4) is 0 Å². The number of amides is 1. The zero-order chi connectivity index (χ0) is 22.0. The van der Waals surface area contributed by atoms with Crippen molar-refractivity contribution < 1.29 is 4.79 Å². The van der Waals surface area contributed by atoms with E-state index in [1.54, 1.807) is 10.7 Å². The summed E-state index contributed by atoms with van der Waals surface area (Å²) >= 11 is 0. The van der Waals surface area contributed by atoms with Gasteiger partial charge < -0.3 is 4.90 Å². The second-order valence-corrected chi connectivity index (χ2v) is 8.42. The average Bonchev–Trinajstić information content (AvgIpc) is 3.19. The Bertz CT molecular complexity index is 1160. The molecule has 1 atom stereocenters. The molecule has 6 nitrogen and oxygen atoms in total. The lowest BCUT2D eigenvalue weighted by Crippen LogP contribution is -2.44. The van der Waals surface area contributed by atoms with Crippen molar-refractivity contribution in [3.63, 3.8) is 0 Å². The molecule has 0 aliphatic heterocycles. The van der Waals surface area contributed by atoms with E-state index < -0.39 is 0 Å². The Balaban J connectivity index is 1.51. The predicted octanol–water partition coefficient (Wildman–Crippen LogP) is 3.95. The Labute approximate surface area is 183 Å². The molecule has 0 spiro atoms. The summed E-state index contributed by atoms with van der Waals surface area (Å²) in [6.45, 7) is 6.86. The molecule has 0 saturated carbocycles. The van der Waals surface area contributed by atoms with Crippen molar-refractivity contribution >= 4 is 11.6 Å². The fraction of sp³-hybridized carbons (Fsp3) is 0.440. The Morgan fingerprint density at radius 3 is 2.81 bits per heavy atom. The van der Waals surface area contributed by atoms with Crippen LogP contribution >= 0.6 is 0 Å². The number of hydrogen-bond donors (Lipinski definition) is 0. The molecule has 0 radical (unpaired) electrons. The van der Waals surface area contributed by atoms with Crippen molar-refractivity contribution in [1.29, 1.82) is 5.26 Å². The van der Waals surface area contributed by atoms with Crippen LogP contribution in [-0.2, 0) is 24.1 Å². The third-order valence-electron chi connectivity index (χ3n) is 6.46. The lowest BCUT2D eigenvalue weighted by molar-refractivity contribution is -0.133. The van der Waals surface area contributed by atoms with Gasteiger partial charge in [0.2, 0.25) is 5.91 Å². The lowest BCUT2D eigenvalue weighted by atomic mass is 9.87. The molecule has 2 aromatic heterocycles. The van der Waals surface area contributed by atoms with Crippen molar-refractivity contribution in [2.75, 3.05) is 6.54 Å². The maximum atomic E-state index is 13.3. The summed E-state index contributed by atoms with van der Waals surface area (Å²) < 4.78 is 1.72. The first-order valence-electron chi connectivity index (χ1n) is 11.1. The van der Waals surface area contributed by atoms with Crippen molar-refractivity contribution in [2.24, 2.45) is 0 Å². The smallest absolute Gasteiger partial charge is 0.223 e. The van der Waals surface area contributed by atoms with Crippen LogP contribution in [0.4, 0.5) is 0 Å². The Hall–Kier alpha value is -3.20. The Morgan fingerprint density at radius 1 is 1.29 bits per heavy atom. The molecule has 6 heteroatoms. The Morgan fingerprint density at radius 2 is 2.06 bits per heavy atom. The quantitative estimate of drug-likeness (QED) is 0.611. The maximum absolute atomic E-state index is 13.3. The molecule has 1 aliphatic carbocycles. The second-order valence-electron chi connectivity index (χ2n) is 8.42. The highest BCUT2D eigenvalue weighted by molar-refractivity contribution is 5.77. The summed E-state index contributed by atoms with van der Waals surface area (Å²) in [7, 11) is 0. The number of nitriles is 1. The number of hydrogen-bond acceptors (Lipinski definition) is 4. The number of carbonyl (C=O) groups excluding carboxylic acids is 1. The Kier molecular flexibility index (Phi) is 6.03. The van der Waals surface area contributed by atoms with Gasteiger partial charge in [-0.2, -0.15) is 10.4 Å². The van der Waals surface area contributed by atoms with E-state index in [1.165, 1.54) is 11.1 Å². The van der Waals surface area contributed by atoms with Gasteiger partial charge in [-0.25, -0.2) is 9.50 Å². The van der Waals surface area contributed by atoms with Crippen molar-refractivity contribution in [3.05, 3.63) is 64.1 Å². The zero-order valence-corrected chi connectivity index (χ0v) is 18.6. The summed E-state index contributed by atoms with van der Waals surface area (Å²) in [5.41, 5.74) is 6.71. The van der Waals surface area contributed by atoms with Gasteiger partial charge in [0, 0.05) is 30.4 Å². The highest BCUT2D eigenvalue weighted by atomic mass is 16.2. The number of aromatic nitrogens is 3. The van der Waals surface area contributed by atoms with Crippen LogP contribution in [0, 0.1) is 25.2 Å². The summed E-state index contributed by atoms with van der Waals surface area (Å²) in [6, 6.07) is 11.0. The number of carbonyl (C=O) groups is 1. The topological polar surface area (TPSA) is 74.3 Å². The number of aryl methyl sites for hydroxylation is 3.